The highest BCUT2D eigenvalue weighted by atomic mass is 32.1. The molecule has 0 N–H and O–H groups in total. The average Bonchev–Trinajstić information content (AvgIpc) is 2.96. The fraction of sp³-hybridized carbons (Fsp3) is 0.714. The number of piperazine rings is 1. The summed E-state index contributed by atoms with van der Waals surface area (Å²) in [6.45, 7) is 8.70. The Hall–Kier alpha value is -0.620. The Balaban J connectivity index is 1.51. The maximum absolute atomic E-state index is 5.94. The van der Waals surface area contributed by atoms with E-state index in [-0.39, 0.29) is 0 Å². The van der Waals surface area contributed by atoms with Gasteiger partial charge in [-0.05, 0) is 18.5 Å². The molecular formula is C14H23N3OS. The smallest absolute Gasteiger partial charge is 0.0877 e. The molecule has 4 nitrogen and oxygen atoms in total. The molecule has 2 saturated heterocycles. The highest BCUT2D eigenvalue weighted by Gasteiger charge is 2.24. The Morgan fingerprint density at radius 1 is 1.26 bits per heavy atom. The Morgan fingerprint density at radius 2 is 2.11 bits per heavy atom. The van der Waals surface area contributed by atoms with Gasteiger partial charge in [-0.2, -0.15) is 11.3 Å². The number of hydrogen-bond donors (Lipinski definition) is 0. The normalized spacial score (nSPS) is 26.8. The average molecular weight is 281 g/mol. The highest BCUT2D eigenvalue weighted by Crippen LogP contribution is 2.21. The van der Waals surface area contributed by atoms with Crippen molar-refractivity contribution in [3.63, 3.8) is 0 Å². The van der Waals surface area contributed by atoms with Crippen molar-refractivity contribution in [1.82, 2.24) is 9.80 Å². The second-order valence-corrected chi connectivity index (χ2v) is 6.30. The molecule has 2 aliphatic rings. The summed E-state index contributed by atoms with van der Waals surface area (Å²) in [6, 6.07) is 2.21. The first-order valence-corrected chi connectivity index (χ1v) is 8.05. The summed E-state index contributed by atoms with van der Waals surface area (Å²) < 4.78 is 5.94. The molecule has 0 spiro atoms. The van der Waals surface area contributed by atoms with Crippen LogP contribution in [-0.2, 0) is 4.74 Å². The quantitative estimate of drug-likeness (QED) is 0.829. The summed E-state index contributed by atoms with van der Waals surface area (Å²) in [7, 11) is 2.20. The number of hydrogen-bond acceptors (Lipinski definition) is 5. The predicted octanol–water partition coefficient (Wildman–Crippen LogP) is 1.20. The van der Waals surface area contributed by atoms with Crippen molar-refractivity contribution >= 4 is 17.0 Å². The van der Waals surface area contributed by atoms with E-state index in [4.69, 9.17) is 4.74 Å². The van der Waals surface area contributed by atoms with Gasteiger partial charge in [-0.15, -0.1) is 0 Å². The van der Waals surface area contributed by atoms with Crippen molar-refractivity contribution in [2.24, 2.45) is 0 Å². The zero-order chi connectivity index (χ0) is 13.1. The van der Waals surface area contributed by atoms with Gasteiger partial charge in [0.2, 0.25) is 0 Å². The van der Waals surface area contributed by atoms with Gasteiger partial charge in [0.05, 0.1) is 12.7 Å². The molecule has 2 fully saturated rings. The summed E-state index contributed by atoms with van der Waals surface area (Å²) in [6.07, 6.45) is 0.358. The maximum Gasteiger partial charge on any atom is 0.0877 e. The van der Waals surface area contributed by atoms with E-state index in [1.165, 1.54) is 31.9 Å². The van der Waals surface area contributed by atoms with E-state index >= 15 is 0 Å². The maximum atomic E-state index is 5.94. The summed E-state index contributed by atoms with van der Waals surface area (Å²) in [5.74, 6) is 0. The van der Waals surface area contributed by atoms with Crippen molar-refractivity contribution in [2.75, 3.05) is 64.4 Å². The molecule has 0 amide bonds. The molecule has 3 heterocycles. The van der Waals surface area contributed by atoms with Crippen molar-refractivity contribution in [3.8, 4) is 0 Å². The van der Waals surface area contributed by atoms with E-state index in [1.807, 2.05) is 0 Å². The lowest BCUT2D eigenvalue weighted by Gasteiger charge is -2.38. The van der Waals surface area contributed by atoms with Crippen molar-refractivity contribution in [1.29, 1.82) is 0 Å². The Labute approximate surface area is 119 Å². The monoisotopic (exact) mass is 281 g/mol. The van der Waals surface area contributed by atoms with Crippen LogP contribution in [0.2, 0.25) is 0 Å². The van der Waals surface area contributed by atoms with Gasteiger partial charge in [0, 0.05) is 56.9 Å². The van der Waals surface area contributed by atoms with Gasteiger partial charge in [-0.3, -0.25) is 4.90 Å². The minimum Gasteiger partial charge on any atom is -0.373 e. The number of thiophene rings is 1. The lowest BCUT2D eigenvalue weighted by atomic mass is 10.2. The molecule has 0 saturated carbocycles. The fourth-order valence-corrected chi connectivity index (χ4v) is 3.48. The minimum absolute atomic E-state index is 0.358. The third-order valence-electron chi connectivity index (χ3n) is 4.07. The highest BCUT2D eigenvalue weighted by molar-refractivity contribution is 7.08. The second kappa shape index (κ2) is 6.22. The molecule has 0 aromatic carbocycles. The number of likely N-dealkylation sites (N-methyl/N-ethyl adjacent to an activating group) is 1. The van der Waals surface area contributed by atoms with E-state index in [2.05, 4.69) is 38.6 Å². The van der Waals surface area contributed by atoms with Crippen molar-refractivity contribution in [3.05, 3.63) is 16.8 Å². The molecule has 5 heteroatoms. The Bertz CT molecular complexity index is 376. The molecule has 0 aliphatic carbocycles. The molecule has 0 radical (unpaired) electrons. The van der Waals surface area contributed by atoms with Crippen molar-refractivity contribution < 1.29 is 4.74 Å². The van der Waals surface area contributed by atoms with Gasteiger partial charge in [-0.25, -0.2) is 0 Å². The first-order chi connectivity index (χ1) is 9.31. The first-order valence-electron chi connectivity index (χ1n) is 7.11. The summed E-state index contributed by atoms with van der Waals surface area (Å²) >= 11 is 1.77. The van der Waals surface area contributed by atoms with E-state index in [1.54, 1.807) is 11.3 Å². The van der Waals surface area contributed by atoms with Gasteiger partial charge in [0.15, 0.2) is 0 Å². The second-order valence-electron chi connectivity index (χ2n) is 5.52. The van der Waals surface area contributed by atoms with Gasteiger partial charge in [-0.1, -0.05) is 0 Å². The predicted molar refractivity (Wildman–Crippen MR) is 80.2 cm³/mol. The van der Waals surface area contributed by atoms with E-state index < -0.39 is 0 Å². The van der Waals surface area contributed by atoms with Crippen LogP contribution in [0.4, 0.5) is 5.69 Å². The number of rotatable bonds is 3. The van der Waals surface area contributed by atoms with Gasteiger partial charge < -0.3 is 14.5 Å². The van der Waals surface area contributed by atoms with Crippen LogP contribution >= 0.6 is 11.3 Å². The van der Waals surface area contributed by atoms with Crippen LogP contribution in [0.5, 0.6) is 0 Å². The summed E-state index contributed by atoms with van der Waals surface area (Å²) in [5, 5.41) is 4.39. The summed E-state index contributed by atoms with van der Waals surface area (Å²) in [5.41, 5.74) is 1.36. The molecule has 106 valence electrons. The molecule has 1 unspecified atom stereocenters. The third kappa shape index (κ3) is 3.48. The summed E-state index contributed by atoms with van der Waals surface area (Å²) in [4.78, 5) is 7.40. The molecular weight excluding hydrogens is 258 g/mol. The van der Waals surface area contributed by atoms with Crippen LogP contribution in [0.15, 0.2) is 16.8 Å². The molecule has 3 rings (SSSR count). The molecule has 1 aromatic rings. The van der Waals surface area contributed by atoms with Gasteiger partial charge in [0.1, 0.15) is 0 Å². The topological polar surface area (TPSA) is 19.0 Å². The van der Waals surface area contributed by atoms with Crippen LogP contribution in [0.1, 0.15) is 0 Å². The minimum atomic E-state index is 0.358. The van der Waals surface area contributed by atoms with Crippen LogP contribution in [0.3, 0.4) is 0 Å². The van der Waals surface area contributed by atoms with E-state index in [0.29, 0.717) is 6.10 Å². The van der Waals surface area contributed by atoms with Gasteiger partial charge >= 0.3 is 0 Å². The largest absolute Gasteiger partial charge is 0.373 e. The lowest BCUT2D eigenvalue weighted by Crippen LogP contribution is -2.51. The van der Waals surface area contributed by atoms with Crippen LogP contribution in [-0.4, -0.2) is 75.4 Å². The number of nitrogens with zero attached hydrogens (tertiary/aromatic N) is 3. The van der Waals surface area contributed by atoms with Gasteiger partial charge in [0.25, 0.3) is 0 Å². The molecule has 1 atom stereocenters. The zero-order valence-electron chi connectivity index (χ0n) is 11.6. The number of morpholine rings is 1. The Morgan fingerprint density at radius 3 is 2.84 bits per heavy atom. The fourth-order valence-electron chi connectivity index (χ4n) is 2.82. The molecule has 19 heavy (non-hydrogen) atoms. The zero-order valence-corrected chi connectivity index (χ0v) is 12.4. The van der Waals surface area contributed by atoms with E-state index in [9.17, 15) is 0 Å². The van der Waals surface area contributed by atoms with Crippen molar-refractivity contribution in [2.45, 2.75) is 6.10 Å². The number of ether oxygens (including phenoxy) is 1. The van der Waals surface area contributed by atoms with E-state index in [0.717, 1.165) is 26.2 Å². The molecule has 0 bridgehead atoms. The third-order valence-corrected chi connectivity index (χ3v) is 4.74. The van der Waals surface area contributed by atoms with Crippen LogP contribution < -0.4 is 4.90 Å². The molecule has 2 aliphatic heterocycles. The molecule has 1 aromatic heterocycles. The number of anilines is 1. The SMILES string of the molecule is CN1CCN(CC2CN(c3ccsc3)CCO2)CC1. The lowest BCUT2D eigenvalue weighted by molar-refractivity contribution is 0.00683. The standard InChI is InChI=1S/C14H23N3OS/c1-15-3-5-16(6-4-15)10-14-11-17(7-8-18-14)13-2-9-19-12-13/h2,9,12,14H,3-8,10-11H2,1H3. The first kappa shape index (κ1) is 13.4. The Kier molecular flexibility index (Phi) is 4.38. The van der Waals surface area contributed by atoms with Crippen LogP contribution in [0.25, 0.3) is 0 Å². The van der Waals surface area contributed by atoms with Crippen LogP contribution in [0, 0.1) is 0 Å².